The molecule has 2 rings (SSSR count). The van der Waals surface area contributed by atoms with Gasteiger partial charge in [0, 0.05) is 36.4 Å². The Hall–Kier alpha value is -0.770. The molecule has 0 spiro atoms. The zero-order valence-electron chi connectivity index (χ0n) is 12.8. The summed E-state index contributed by atoms with van der Waals surface area (Å²) in [6.07, 6.45) is 1.21. The molecule has 0 aliphatic carbocycles. The summed E-state index contributed by atoms with van der Waals surface area (Å²) in [5.41, 5.74) is 2.43. The summed E-state index contributed by atoms with van der Waals surface area (Å²) in [5.74, 6) is 0. The average molecular weight is 296 g/mol. The molecule has 1 N–H and O–H groups in total. The number of rotatable bonds is 4. The molecule has 1 aliphatic rings. The maximum atomic E-state index is 6.42. The van der Waals surface area contributed by atoms with Crippen molar-refractivity contribution in [2.75, 3.05) is 38.1 Å². The number of hydrogen-bond donors (Lipinski definition) is 1. The number of halogens is 1. The van der Waals surface area contributed by atoms with Crippen LogP contribution in [-0.4, -0.2) is 44.2 Å². The minimum absolute atomic E-state index is 0.526. The first-order valence-electron chi connectivity index (χ1n) is 7.56. The largest absolute Gasteiger partial charge is 0.367 e. The van der Waals surface area contributed by atoms with Crippen LogP contribution in [0, 0.1) is 0 Å². The van der Waals surface area contributed by atoms with Crippen LogP contribution in [0.1, 0.15) is 25.8 Å². The molecule has 1 aromatic rings. The topological polar surface area (TPSA) is 18.5 Å². The number of benzene rings is 1. The molecule has 1 aliphatic heterocycles. The molecule has 0 saturated carbocycles. The van der Waals surface area contributed by atoms with Gasteiger partial charge in [-0.3, -0.25) is 0 Å². The summed E-state index contributed by atoms with van der Waals surface area (Å²) < 4.78 is 0. The van der Waals surface area contributed by atoms with Crippen LogP contribution >= 0.6 is 11.6 Å². The van der Waals surface area contributed by atoms with Gasteiger partial charge in [0.25, 0.3) is 0 Å². The van der Waals surface area contributed by atoms with Crippen LogP contribution in [0.2, 0.25) is 5.02 Å². The van der Waals surface area contributed by atoms with Crippen LogP contribution in [0.5, 0.6) is 0 Å². The van der Waals surface area contributed by atoms with Gasteiger partial charge in [-0.1, -0.05) is 24.6 Å². The first kappa shape index (κ1) is 15.6. The summed E-state index contributed by atoms with van der Waals surface area (Å²) in [5, 5.41) is 4.19. The number of nitrogens with zero attached hydrogens (tertiary/aromatic N) is 2. The van der Waals surface area contributed by atoms with Crippen LogP contribution in [0.3, 0.4) is 0 Å². The van der Waals surface area contributed by atoms with Gasteiger partial charge in [-0.05, 0) is 51.2 Å². The standard InChI is InChI=1S/C16H26ClN3/c1-4-18-11-14-6-7-15(10-16(14)17)20-9-5-8-19(3)12-13(20)2/h6-7,10,13,18H,4-5,8-9,11-12H2,1-3H3. The third kappa shape index (κ3) is 3.87. The zero-order chi connectivity index (χ0) is 14.5. The van der Waals surface area contributed by atoms with E-state index in [0.717, 1.165) is 31.2 Å². The molecular weight excluding hydrogens is 270 g/mol. The molecule has 1 fully saturated rings. The van der Waals surface area contributed by atoms with Gasteiger partial charge >= 0.3 is 0 Å². The van der Waals surface area contributed by atoms with E-state index in [9.17, 15) is 0 Å². The van der Waals surface area contributed by atoms with Crippen molar-refractivity contribution in [1.29, 1.82) is 0 Å². The minimum atomic E-state index is 0.526. The molecule has 4 heteroatoms. The van der Waals surface area contributed by atoms with E-state index < -0.39 is 0 Å². The van der Waals surface area contributed by atoms with E-state index in [1.807, 2.05) is 0 Å². The molecule has 0 amide bonds. The molecule has 0 radical (unpaired) electrons. The normalized spacial score (nSPS) is 21.0. The van der Waals surface area contributed by atoms with Crippen molar-refractivity contribution in [3.05, 3.63) is 28.8 Å². The highest BCUT2D eigenvalue weighted by molar-refractivity contribution is 6.31. The SMILES string of the molecule is CCNCc1ccc(N2CCCN(C)CC2C)cc1Cl. The lowest BCUT2D eigenvalue weighted by atomic mass is 10.1. The van der Waals surface area contributed by atoms with Gasteiger partial charge in [0.1, 0.15) is 0 Å². The van der Waals surface area contributed by atoms with Gasteiger partial charge in [0.15, 0.2) is 0 Å². The monoisotopic (exact) mass is 295 g/mol. The smallest absolute Gasteiger partial charge is 0.0471 e. The first-order chi connectivity index (χ1) is 9.61. The molecule has 1 unspecified atom stereocenters. The van der Waals surface area contributed by atoms with E-state index in [1.165, 1.54) is 24.2 Å². The second-order valence-electron chi connectivity index (χ2n) is 5.71. The Morgan fingerprint density at radius 3 is 2.85 bits per heavy atom. The third-order valence-electron chi connectivity index (χ3n) is 3.98. The summed E-state index contributed by atoms with van der Waals surface area (Å²) in [6.45, 7) is 9.60. The molecule has 1 heterocycles. The highest BCUT2D eigenvalue weighted by Gasteiger charge is 2.20. The molecule has 3 nitrogen and oxygen atoms in total. The van der Waals surface area contributed by atoms with Crippen LogP contribution in [0.15, 0.2) is 18.2 Å². The molecule has 112 valence electrons. The predicted molar refractivity (Wildman–Crippen MR) is 87.8 cm³/mol. The van der Waals surface area contributed by atoms with Gasteiger partial charge in [0.05, 0.1) is 0 Å². The van der Waals surface area contributed by atoms with E-state index >= 15 is 0 Å². The summed E-state index contributed by atoms with van der Waals surface area (Å²) in [6, 6.07) is 7.01. The van der Waals surface area contributed by atoms with Crippen molar-refractivity contribution in [3.8, 4) is 0 Å². The summed E-state index contributed by atoms with van der Waals surface area (Å²) in [7, 11) is 2.20. The van der Waals surface area contributed by atoms with Crippen LogP contribution in [0.4, 0.5) is 5.69 Å². The Balaban J connectivity index is 2.13. The Bertz CT molecular complexity index is 436. The Morgan fingerprint density at radius 1 is 1.35 bits per heavy atom. The Morgan fingerprint density at radius 2 is 2.15 bits per heavy atom. The van der Waals surface area contributed by atoms with Gasteiger partial charge in [0.2, 0.25) is 0 Å². The number of likely N-dealkylation sites (N-methyl/N-ethyl adjacent to an activating group) is 1. The average Bonchev–Trinajstić information content (AvgIpc) is 2.58. The Kier molecular flexibility index (Phi) is 5.70. The highest BCUT2D eigenvalue weighted by atomic mass is 35.5. The molecule has 1 saturated heterocycles. The van der Waals surface area contributed by atoms with Gasteiger partial charge < -0.3 is 15.1 Å². The maximum Gasteiger partial charge on any atom is 0.0471 e. The number of hydrogen-bond acceptors (Lipinski definition) is 3. The third-order valence-corrected chi connectivity index (χ3v) is 4.33. The van der Waals surface area contributed by atoms with E-state index in [1.54, 1.807) is 0 Å². The predicted octanol–water partition coefficient (Wildman–Crippen LogP) is 2.98. The molecule has 0 bridgehead atoms. The fraction of sp³-hybridized carbons (Fsp3) is 0.625. The van der Waals surface area contributed by atoms with E-state index in [4.69, 9.17) is 11.6 Å². The van der Waals surface area contributed by atoms with Gasteiger partial charge in [-0.25, -0.2) is 0 Å². The molecular formula is C16H26ClN3. The second-order valence-corrected chi connectivity index (χ2v) is 6.12. The molecule has 1 aromatic carbocycles. The quantitative estimate of drug-likeness (QED) is 0.921. The van der Waals surface area contributed by atoms with Crippen molar-refractivity contribution in [1.82, 2.24) is 10.2 Å². The number of nitrogens with one attached hydrogen (secondary N) is 1. The van der Waals surface area contributed by atoms with E-state index in [-0.39, 0.29) is 0 Å². The molecule has 20 heavy (non-hydrogen) atoms. The van der Waals surface area contributed by atoms with Crippen molar-refractivity contribution >= 4 is 17.3 Å². The lowest BCUT2D eigenvalue weighted by Crippen LogP contribution is -2.37. The van der Waals surface area contributed by atoms with Crippen LogP contribution < -0.4 is 10.2 Å². The van der Waals surface area contributed by atoms with Crippen molar-refractivity contribution in [2.45, 2.75) is 32.9 Å². The fourth-order valence-corrected chi connectivity index (χ4v) is 3.12. The zero-order valence-corrected chi connectivity index (χ0v) is 13.6. The summed E-state index contributed by atoms with van der Waals surface area (Å²) >= 11 is 6.42. The highest BCUT2D eigenvalue weighted by Crippen LogP contribution is 2.26. The molecule has 1 atom stereocenters. The van der Waals surface area contributed by atoms with Crippen molar-refractivity contribution in [2.24, 2.45) is 0 Å². The number of anilines is 1. The minimum Gasteiger partial charge on any atom is -0.367 e. The first-order valence-corrected chi connectivity index (χ1v) is 7.94. The van der Waals surface area contributed by atoms with Crippen molar-refractivity contribution < 1.29 is 0 Å². The van der Waals surface area contributed by atoms with E-state index in [2.05, 4.69) is 54.2 Å². The summed E-state index contributed by atoms with van der Waals surface area (Å²) in [4.78, 5) is 4.89. The van der Waals surface area contributed by atoms with Crippen molar-refractivity contribution in [3.63, 3.8) is 0 Å². The second kappa shape index (κ2) is 7.30. The van der Waals surface area contributed by atoms with Crippen LogP contribution in [0.25, 0.3) is 0 Å². The van der Waals surface area contributed by atoms with E-state index in [0.29, 0.717) is 6.04 Å². The fourth-order valence-electron chi connectivity index (χ4n) is 2.87. The van der Waals surface area contributed by atoms with Gasteiger partial charge in [-0.15, -0.1) is 0 Å². The van der Waals surface area contributed by atoms with Crippen LogP contribution in [-0.2, 0) is 6.54 Å². The molecule has 0 aromatic heterocycles. The lowest BCUT2D eigenvalue weighted by molar-refractivity contribution is 0.337. The maximum absolute atomic E-state index is 6.42. The van der Waals surface area contributed by atoms with Gasteiger partial charge in [-0.2, -0.15) is 0 Å². The lowest BCUT2D eigenvalue weighted by Gasteiger charge is -2.30. The Labute approximate surface area is 127 Å².